The number of hydrogen-bond donors (Lipinski definition) is 4. The fourth-order valence-electron chi connectivity index (χ4n) is 5.26. The number of ketones is 1. The molecule has 0 radical (unpaired) electrons. The summed E-state index contributed by atoms with van der Waals surface area (Å²) in [5.74, 6) is -0.750. The molecule has 278 valence electrons. The second-order valence-corrected chi connectivity index (χ2v) is 12.5. The van der Waals surface area contributed by atoms with E-state index in [0.717, 1.165) is 44.9 Å². The number of esters is 1. The molecule has 1 aromatic rings. The Morgan fingerprint density at radius 3 is 2.08 bits per heavy atom. The van der Waals surface area contributed by atoms with Gasteiger partial charge >= 0.3 is 17.9 Å². The summed E-state index contributed by atoms with van der Waals surface area (Å²) in [7, 11) is 0. The van der Waals surface area contributed by atoms with Gasteiger partial charge in [0.25, 0.3) is 0 Å². The normalized spacial score (nSPS) is 13.4. The lowest BCUT2D eigenvalue weighted by atomic mass is 9.82. The molecule has 0 saturated carbocycles. The minimum atomic E-state index is -2.99. The fraction of sp³-hybridized carbons (Fsp3) is 0.615. The molecule has 0 aliphatic rings. The highest BCUT2D eigenvalue weighted by atomic mass is 16.5. The molecule has 0 spiro atoms. The number of ether oxygens (including phenoxy) is 2. The largest absolute Gasteiger partial charge is 0.481 e. The molecular formula is C39H57NO10. The number of nitrogens with one attached hydrogen (secondary N) is 1. The van der Waals surface area contributed by atoms with Crippen LogP contribution in [0.25, 0.3) is 0 Å². The number of Topliss-reactive ketones (excluding diaryl/α,β-unsaturated/α-hetero) is 1. The zero-order chi connectivity index (χ0) is 37.2. The van der Waals surface area contributed by atoms with E-state index in [1.807, 2.05) is 6.92 Å². The number of unbranched alkanes of at least 4 members (excludes halogenated alkanes) is 9. The second kappa shape index (κ2) is 25.8. The van der Waals surface area contributed by atoms with Crippen molar-refractivity contribution in [2.75, 3.05) is 13.2 Å². The number of benzene rings is 1. The van der Waals surface area contributed by atoms with Crippen molar-refractivity contribution in [2.45, 2.75) is 135 Å². The third-order valence-electron chi connectivity index (χ3n) is 8.25. The van der Waals surface area contributed by atoms with Gasteiger partial charge < -0.3 is 30.1 Å². The van der Waals surface area contributed by atoms with Gasteiger partial charge in [0.1, 0.15) is 24.2 Å². The Bertz CT molecular complexity index is 1280. The summed E-state index contributed by atoms with van der Waals surface area (Å²) >= 11 is 0. The number of hydrogen-bond acceptors (Lipinski definition) is 8. The van der Waals surface area contributed by atoms with Crippen molar-refractivity contribution in [3.8, 4) is 17.6 Å². The molecule has 0 saturated heterocycles. The summed E-state index contributed by atoms with van der Waals surface area (Å²) in [6, 6.07) is 5.52. The van der Waals surface area contributed by atoms with Crippen LogP contribution in [0, 0.1) is 17.8 Å². The van der Waals surface area contributed by atoms with Crippen LogP contribution in [0.5, 0.6) is 5.75 Å². The van der Waals surface area contributed by atoms with E-state index in [1.54, 1.807) is 31.2 Å². The number of aliphatic hydroxyl groups is 1. The Kier molecular flexibility index (Phi) is 22.6. The number of carbonyl (C=O) groups is 5. The molecule has 0 fully saturated rings. The number of aliphatic carboxylic acids is 2. The first-order valence-electron chi connectivity index (χ1n) is 17.9. The molecule has 0 aromatic heterocycles. The van der Waals surface area contributed by atoms with E-state index in [4.69, 9.17) is 9.47 Å². The Labute approximate surface area is 297 Å². The molecule has 0 heterocycles. The van der Waals surface area contributed by atoms with Gasteiger partial charge in [-0.3, -0.25) is 14.4 Å². The third kappa shape index (κ3) is 18.0. The Morgan fingerprint density at radius 2 is 1.50 bits per heavy atom. The molecule has 1 rings (SSSR count). The van der Waals surface area contributed by atoms with Gasteiger partial charge in [0.2, 0.25) is 5.91 Å². The fourth-order valence-corrected chi connectivity index (χ4v) is 5.26. The minimum Gasteiger partial charge on any atom is -0.481 e. The average Bonchev–Trinajstić information content (AvgIpc) is 3.07. The van der Waals surface area contributed by atoms with Crippen LogP contribution in [0.2, 0.25) is 0 Å². The van der Waals surface area contributed by atoms with E-state index >= 15 is 0 Å². The minimum absolute atomic E-state index is 0.0199. The first-order valence-corrected chi connectivity index (χ1v) is 17.9. The van der Waals surface area contributed by atoms with E-state index in [1.165, 1.54) is 25.0 Å². The molecule has 1 amide bonds. The van der Waals surface area contributed by atoms with Crippen molar-refractivity contribution in [1.29, 1.82) is 0 Å². The Hall–Kier alpha value is -4.17. The average molecular weight is 700 g/mol. The smallest absolute Gasteiger partial charge is 0.337 e. The summed E-state index contributed by atoms with van der Waals surface area (Å²) in [6.45, 7) is 6.09. The molecule has 11 heteroatoms. The Balaban J connectivity index is 3.00. The van der Waals surface area contributed by atoms with Gasteiger partial charge in [-0.15, -0.1) is 5.92 Å². The van der Waals surface area contributed by atoms with Gasteiger partial charge in [-0.1, -0.05) is 89.0 Å². The number of carbonyl (C=O) groups excluding carboxylic acids is 3. The van der Waals surface area contributed by atoms with Crippen molar-refractivity contribution in [2.24, 2.45) is 5.92 Å². The highest BCUT2D eigenvalue weighted by Gasteiger charge is 2.49. The van der Waals surface area contributed by atoms with E-state index < -0.39 is 47.8 Å². The summed E-state index contributed by atoms with van der Waals surface area (Å²) in [5, 5.41) is 32.9. The molecule has 11 nitrogen and oxygen atoms in total. The molecule has 3 atom stereocenters. The van der Waals surface area contributed by atoms with Crippen LogP contribution in [0.4, 0.5) is 0 Å². The Morgan fingerprint density at radius 1 is 0.880 bits per heavy atom. The lowest BCUT2D eigenvalue weighted by Crippen LogP contribution is -2.55. The van der Waals surface area contributed by atoms with Crippen molar-refractivity contribution in [3.05, 3.63) is 42.0 Å². The third-order valence-corrected chi connectivity index (χ3v) is 8.25. The van der Waals surface area contributed by atoms with Crippen LogP contribution in [0.1, 0.15) is 123 Å². The number of allylic oxidation sites excluding steroid dienone is 1. The molecular weight excluding hydrogens is 642 g/mol. The van der Waals surface area contributed by atoms with E-state index in [-0.39, 0.29) is 25.4 Å². The standard InChI is InChI=1S/C39H57NO10/c1-4-7-10-13-16-19-31(41)20-17-14-11-12-15-18-21-33(39(48,38(46)47)29-35(42)43)36(44)40-34(37(45)50-27-9-6-3)28-30-22-24-32(25-23-30)49-26-8-5-2/h18,21-25,33-34,48H,4,6-7,9-17,19-20,26-29H2,1-3H3,(H,40,44)(H,42,43)(H,46,47)/b21-18+/t33-,34+,39+/m1/s1. The molecule has 4 N–H and O–H groups in total. The maximum absolute atomic E-state index is 13.7. The van der Waals surface area contributed by atoms with Crippen molar-refractivity contribution < 1.29 is 48.8 Å². The molecule has 0 unspecified atom stereocenters. The van der Waals surface area contributed by atoms with Crippen LogP contribution in [0.3, 0.4) is 0 Å². The zero-order valence-corrected chi connectivity index (χ0v) is 30.0. The van der Waals surface area contributed by atoms with Crippen molar-refractivity contribution in [1.82, 2.24) is 5.32 Å². The highest BCUT2D eigenvalue weighted by Crippen LogP contribution is 2.26. The summed E-state index contributed by atoms with van der Waals surface area (Å²) in [4.78, 5) is 62.7. The summed E-state index contributed by atoms with van der Waals surface area (Å²) in [6.07, 6.45) is 13.0. The van der Waals surface area contributed by atoms with Crippen LogP contribution in [-0.4, -0.2) is 69.8 Å². The number of carboxylic acid groups (broad SMARTS) is 2. The predicted octanol–water partition coefficient (Wildman–Crippen LogP) is 6.19. The summed E-state index contributed by atoms with van der Waals surface area (Å²) < 4.78 is 10.9. The van der Waals surface area contributed by atoms with Crippen LogP contribution in [0.15, 0.2) is 36.4 Å². The maximum atomic E-state index is 13.7. The van der Waals surface area contributed by atoms with Gasteiger partial charge in [0.15, 0.2) is 5.60 Å². The van der Waals surface area contributed by atoms with Crippen molar-refractivity contribution in [3.63, 3.8) is 0 Å². The van der Waals surface area contributed by atoms with Gasteiger partial charge in [0, 0.05) is 19.3 Å². The number of rotatable bonds is 28. The van der Waals surface area contributed by atoms with Gasteiger partial charge in [-0.05, 0) is 56.7 Å². The molecule has 0 aliphatic carbocycles. The van der Waals surface area contributed by atoms with E-state index in [0.29, 0.717) is 43.4 Å². The van der Waals surface area contributed by atoms with Crippen LogP contribution < -0.4 is 10.1 Å². The molecule has 0 bridgehead atoms. The van der Waals surface area contributed by atoms with Crippen molar-refractivity contribution >= 4 is 29.6 Å². The second-order valence-electron chi connectivity index (χ2n) is 12.5. The lowest BCUT2D eigenvalue weighted by molar-refractivity contribution is -0.172. The maximum Gasteiger partial charge on any atom is 0.337 e. The van der Waals surface area contributed by atoms with Gasteiger partial charge in [-0.2, -0.15) is 0 Å². The van der Waals surface area contributed by atoms with Crippen LogP contribution in [-0.2, 0) is 35.1 Å². The number of carboxylic acids is 2. The summed E-state index contributed by atoms with van der Waals surface area (Å²) in [5.41, 5.74) is -2.35. The van der Waals surface area contributed by atoms with Gasteiger partial charge in [0.05, 0.1) is 18.9 Å². The molecule has 0 aliphatic heterocycles. The quantitative estimate of drug-likeness (QED) is 0.0341. The van der Waals surface area contributed by atoms with Gasteiger partial charge in [-0.25, -0.2) is 9.59 Å². The van der Waals surface area contributed by atoms with Crippen LogP contribution >= 0.6 is 0 Å². The topological polar surface area (TPSA) is 177 Å². The van der Waals surface area contributed by atoms with E-state index in [2.05, 4.69) is 24.1 Å². The molecule has 50 heavy (non-hydrogen) atoms. The monoisotopic (exact) mass is 699 g/mol. The number of amides is 1. The predicted molar refractivity (Wildman–Crippen MR) is 190 cm³/mol. The lowest BCUT2D eigenvalue weighted by Gasteiger charge is -2.30. The highest BCUT2D eigenvalue weighted by molar-refractivity contribution is 5.94. The zero-order valence-electron chi connectivity index (χ0n) is 30.0. The first kappa shape index (κ1) is 43.9. The SMILES string of the molecule is CC#CCOc1ccc(C[C@H](NC(=O)[C@@H](/C=C/CCCCCCC(=O)CCCCCCC)[C@@](O)(CC(=O)O)C(=O)O)C(=O)OCCCC)cc1. The first-order chi connectivity index (χ1) is 24.0. The molecule has 1 aromatic carbocycles. The van der Waals surface area contributed by atoms with E-state index in [9.17, 15) is 39.3 Å².